The lowest BCUT2D eigenvalue weighted by Crippen LogP contribution is -2.35. The van der Waals surface area contributed by atoms with Crippen molar-refractivity contribution in [1.82, 2.24) is 14.7 Å². The second-order valence-electron chi connectivity index (χ2n) is 8.29. The van der Waals surface area contributed by atoms with Crippen LogP contribution in [0.3, 0.4) is 0 Å². The van der Waals surface area contributed by atoms with Gasteiger partial charge in [0.15, 0.2) is 11.5 Å². The third kappa shape index (κ3) is 4.20. The number of amides is 1. The van der Waals surface area contributed by atoms with Crippen LogP contribution in [0.1, 0.15) is 23.9 Å². The van der Waals surface area contributed by atoms with Gasteiger partial charge in [0.05, 0.1) is 18.8 Å². The molecule has 1 aliphatic rings. The zero-order valence-corrected chi connectivity index (χ0v) is 19.9. The maximum atomic E-state index is 13.2. The summed E-state index contributed by atoms with van der Waals surface area (Å²) in [6.45, 7) is 8.08. The number of carbonyl (C=O) groups excluding carboxylic acids is 1. The summed E-state index contributed by atoms with van der Waals surface area (Å²) >= 11 is 1.73. The van der Waals surface area contributed by atoms with Gasteiger partial charge in [-0.25, -0.2) is 0 Å². The van der Waals surface area contributed by atoms with Crippen LogP contribution in [-0.4, -0.2) is 40.3 Å². The monoisotopic (exact) mass is 461 g/mol. The van der Waals surface area contributed by atoms with Crippen molar-refractivity contribution in [1.29, 1.82) is 0 Å². The van der Waals surface area contributed by atoms with Crippen molar-refractivity contribution in [2.45, 2.75) is 33.9 Å². The lowest BCUT2D eigenvalue weighted by molar-refractivity contribution is -0.132. The fourth-order valence-corrected chi connectivity index (χ4v) is 5.35. The SMILES string of the molecule is CCOc1cc(-c2csc3ccccc23)cc2c1OCCN(C(=O)Cn1nc(C)cc1C)C2. The first-order valence-electron chi connectivity index (χ1n) is 11.2. The summed E-state index contributed by atoms with van der Waals surface area (Å²) in [7, 11) is 0. The molecule has 0 atom stereocenters. The molecule has 33 heavy (non-hydrogen) atoms. The summed E-state index contributed by atoms with van der Waals surface area (Å²) in [6.07, 6.45) is 0. The minimum Gasteiger partial charge on any atom is -0.490 e. The first-order valence-corrected chi connectivity index (χ1v) is 12.1. The Hall–Kier alpha value is -3.32. The molecule has 0 bridgehead atoms. The molecule has 0 unspecified atom stereocenters. The van der Waals surface area contributed by atoms with Crippen LogP contribution in [0.5, 0.6) is 11.5 Å². The molecular weight excluding hydrogens is 434 g/mol. The lowest BCUT2D eigenvalue weighted by atomic mass is 10.0. The Bertz CT molecular complexity index is 1320. The molecule has 0 saturated carbocycles. The van der Waals surface area contributed by atoms with Crippen molar-refractivity contribution in [2.75, 3.05) is 19.8 Å². The number of hydrogen-bond donors (Lipinski definition) is 0. The van der Waals surface area contributed by atoms with E-state index in [1.807, 2.05) is 31.7 Å². The van der Waals surface area contributed by atoms with E-state index in [9.17, 15) is 4.79 Å². The second kappa shape index (κ2) is 8.90. The molecule has 0 fully saturated rings. The molecule has 3 heterocycles. The van der Waals surface area contributed by atoms with E-state index in [1.165, 1.54) is 15.6 Å². The number of carbonyl (C=O) groups is 1. The van der Waals surface area contributed by atoms with Crippen molar-refractivity contribution in [3.8, 4) is 22.6 Å². The van der Waals surface area contributed by atoms with Crippen LogP contribution in [0.15, 0.2) is 47.8 Å². The van der Waals surface area contributed by atoms with E-state index >= 15 is 0 Å². The molecule has 7 heteroatoms. The van der Waals surface area contributed by atoms with Crippen molar-refractivity contribution in [3.05, 3.63) is 64.8 Å². The molecule has 2 aromatic heterocycles. The van der Waals surface area contributed by atoms with Crippen molar-refractivity contribution >= 4 is 27.3 Å². The van der Waals surface area contributed by atoms with Gasteiger partial charge in [-0.3, -0.25) is 9.48 Å². The number of benzene rings is 2. The molecule has 0 N–H and O–H groups in total. The number of thiophene rings is 1. The molecule has 0 radical (unpaired) electrons. The molecule has 0 aliphatic carbocycles. The summed E-state index contributed by atoms with van der Waals surface area (Å²) in [4.78, 5) is 15.0. The minimum absolute atomic E-state index is 0.0296. The number of rotatable bonds is 5. The van der Waals surface area contributed by atoms with E-state index < -0.39 is 0 Å². The average molecular weight is 462 g/mol. The molecule has 0 spiro atoms. The van der Waals surface area contributed by atoms with Gasteiger partial charge in [-0.15, -0.1) is 11.3 Å². The number of ether oxygens (including phenoxy) is 2. The Morgan fingerprint density at radius 3 is 2.85 bits per heavy atom. The molecule has 0 saturated heterocycles. The van der Waals surface area contributed by atoms with Crippen LogP contribution in [0.4, 0.5) is 0 Å². The number of nitrogens with zero attached hydrogens (tertiary/aromatic N) is 3. The van der Waals surface area contributed by atoms with E-state index in [0.717, 1.165) is 34.0 Å². The zero-order chi connectivity index (χ0) is 22.9. The van der Waals surface area contributed by atoms with Crippen LogP contribution in [-0.2, 0) is 17.9 Å². The van der Waals surface area contributed by atoms with E-state index in [2.05, 4.69) is 46.9 Å². The third-order valence-electron chi connectivity index (χ3n) is 5.93. The Labute approximate surface area is 197 Å². The fourth-order valence-electron chi connectivity index (χ4n) is 4.38. The molecule has 2 aromatic carbocycles. The Balaban J connectivity index is 1.50. The van der Waals surface area contributed by atoms with Gasteiger partial charge in [0, 0.05) is 33.5 Å². The van der Waals surface area contributed by atoms with Gasteiger partial charge in [0.2, 0.25) is 5.91 Å². The molecule has 170 valence electrons. The van der Waals surface area contributed by atoms with E-state index in [-0.39, 0.29) is 12.5 Å². The third-order valence-corrected chi connectivity index (χ3v) is 6.90. The maximum Gasteiger partial charge on any atom is 0.244 e. The number of aromatic nitrogens is 2. The van der Waals surface area contributed by atoms with Crippen LogP contribution >= 0.6 is 11.3 Å². The maximum absolute atomic E-state index is 13.2. The Kier molecular flexibility index (Phi) is 5.81. The molecule has 5 rings (SSSR count). The van der Waals surface area contributed by atoms with Crippen LogP contribution in [0.25, 0.3) is 21.2 Å². The topological polar surface area (TPSA) is 56.6 Å². The van der Waals surface area contributed by atoms with Gasteiger partial charge in [0.1, 0.15) is 13.2 Å². The van der Waals surface area contributed by atoms with Gasteiger partial charge in [-0.05, 0) is 56.0 Å². The predicted octanol–water partition coefficient (Wildman–Crippen LogP) is 5.20. The van der Waals surface area contributed by atoms with Gasteiger partial charge in [-0.1, -0.05) is 18.2 Å². The molecule has 1 amide bonds. The fraction of sp³-hybridized carbons (Fsp3) is 0.308. The summed E-state index contributed by atoms with van der Waals surface area (Å²) < 4.78 is 15.1. The van der Waals surface area contributed by atoms with E-state index in [4.69, 9.17) is 9.47 Å². The largest absolute Gasteiger partial charge is 0.490 e. The molecule has 6 nitrogen and oxygen atoms in total. The van der Waals surface area contributed by atoms with E-state index in [0.29, 0.717) is 26.3 Å². The van der Waals surface area contributed by atoms with E-state index in [1.54, 1.807) is 16.0 Å². The van der Waals surface area contributed by atoms with Crippen molar-refractivity contribution in [3.63, 3.8) is 0 Å². The summed E-state index contributed by atoms with van der Waals surface area (Å²) in [6, 6.07) is 14.6. The molecular formula is C26H27N3O3S. The minimum atomic E-state index is 0.0296. The molecule has 1 aliphatic heterocycles. The zero-order valence-electron chi connectivity index (χ0n) is 19.1. The quantitative estimate of drug-likeness (QED) is 0.410. The Morgan fingerprint density at radius 1 is 1.21 bits per heavy atom. The lowest BCUT2D eigenvalue weighted by Gasteiger charge is -2.21. The van der Waals surface area contributed by atoms with Crippen LogP contribution in [0.2, 0.25) is 0 Å². The Morgan fingerprint density at radius 2 is 2.06 bits per heavy atom. The summed E-state index contributed by atoms with van der Waals surface area (Å²) in [5.74, 6) is 1.50. The summed E-state index contributed by atoms with van der Waals surface area (Å²) in [5.41, 5.74) is 5.11. The highest BCUT2D eigenvalue weighted by atomic mass is 32.1. The van der Waals surface area contributed by atoms with Crippen molar-refractivity contribution < 1.29 is 14.3 Å². The van der Waals surface area contributed by atoms with Crippen LogP contribution < -0.4 is 9.47 Å². The smallest absolute Gasteiger partial charge is 0.244 e. The van der Waals surface area contributed by atoms with Crippen LogP contribution in [0, 0.1) is 13.8 Å². The first kappa shape index (κ1) is 21.5. The predicted molar refractivity (Wildman–Crippen MR) is 131 cm³/mol. The highest BCUT2D eigenvalue weighted by molar-refractivity contribution is 7.17. The number of fused-ring (bicyclic) bond motifs is 2. The normalized spacial score (nSPS) is 13.5. The molecule has 4 aromatic rings. The standard InChI is InChI=1S/C26H27N3O3S/c1-4-31-23-13-19(22-16-33-24-8-6-5-7-21(22)24)12-20-14-28(9-10-32-26(20)23)25(30)15-29-18(3)11-17(2)27-29/h5-8,11-13,16H,4,9-10,14-15H2,1-3H3. The highest BCUT2D eigenvalue weighted by Gasteiger charge is 2.24. The summed E-state index contributed by atoms with van der Waals surface area (Å²) in [5, 5.41) is 7.85. The average Bonchev–Trinajstić information content (AvgIpc) is 3.28. The first-order chi connectivity index (χ1) is 16.0. The van der Waals surface area contributed by atoms with Gasteiger partial charge in [-0.2, -0.15) is 5.10 Å². The second-order valence-corrected chi connectivity index (χ2v) is 9.20. The highest BCUT2D eigenvalue weighted by Crippen LogP contribution is 2.41. The number of hydrogen-bond acceptors (Lipinski definition) is 5. The van der Waals surface area contributed by atoms with Gasteiger partial charge < -0.3 is 14.4 Å². The van der Waals surface area contributed by atoms with Gasteiger partial charge >= 0.3 is 0 Å². The van der Waals surface area contributed by atoms with Crippen molar-refractivity contribution in [2.24, 2.45) is 0 Å². The number of aryl methyl sites for hydroxylation is 2. The van der Waals surface area contributed by atoms with Gasteiger partial charge in [0.25, 0.3) is 0 Å².